The quantitative estimate of drug-likeness (QED) is 0.206. The smallest absolute Gasteiger partial charge is 0.420 e. The standard InChI is InChI=1S/C52H56O15Si12/c1-68-53-69(2)57-75(48-35-19-8-20-36-48)63-78(51-41-25-11-26-42-51)61-73(46-31-15-6-16-32-46)60-74(47-33-17-7-18-34-47)56-70(3)54-71(4)58-76(64-78,49-37-21-9-22-38-49)66-79(65-75,52-43-27-12-28-44-52)67-77(62-74,50-39-23-10-24-40-50)59-72(55-68)45-29-13-5-14-30-45/h5-44,68-71H,1-4H3. The first-order valence-electron chi connectivity index (χ1n) is 26.0. The van der Waals surface area contributed by atoms with Crippen molar-refractivity contribution in [3.8, 4) is 0 Å². The molecule has 15 nitrogen and oxygen atoms in total. The molecule has 0 aromatic heterocycles. The van der Waals surface area contributed by atoms with Crippen molar-refractivity contribution in [3.63, 3.8) is 0 Å². The molecular formula is C52H56O15Si12. The second-order valence-corrected chi connectivity index (χ2v) is 49.1. The van der Waals surface area contributed by atoms with Crippen LogP contribution in [0.4, 0.5) is 0 Å². The summed E-state index contributed by atoms with van der Waals surface area (Å²) in [6.45, 7) is 7.85. The van der Waals surface area contributed by atoms with Crippen LogP contribution in [0.15, 0.2) is 243 Å². The molecule has 14 rings (SSSR count). The van der Waals surface area contributed by atoms with Gasteiger partial charge in [0.25, 0.3) is 0 Å². The van der Waals surface area contributed by atoms with Crippen LogP contribution in [0.25, 0.3) is 0 Å². The molecule has 0 aliphatic carbocycles. The Morgan fingerprint density at radius 3 is 0.886 bits per heavy atom. The SMILES string of the molecule is C[SiH]1O[Si](c2ccccc2)O[Si]2(c3ccccc3)O[Si]3(c4ccccc4)O[Si](c4ccccc4)O[Si]4(c5ccccc5)O[Si](c5ccccc5)(O[SiH](C)O1)O[Si](c1ccccc1)(O2)O[Si](c1ccccc1)(O[SiH](C)O[SiH](C)O3)O4. The van der Waals surface area contributed by atoms with Gasteiger partial charge in [0, 0.05) is 31.1 Å². The Labute approximate surface area is 477 Å². The van der Waals surface area contributed by atoms with Crippen LogP contribution < -0.4 is 41.5 Å². The highest BCUT2D eigenvalue weighted by molar-refractivity contribution is 7.07. The van der Waals surface area contributed by atoms with Gasteiger partial charge in [-0.15, -0.1) is 0 Å². The molecule has 8 aromatic rings. The number of benzene rings is 8. The molecule has 27 heteroatoms. The molecule has 0 amide bonds. The van der Waals surface area contributed by atoms with E-state index in [9.17, 15) is 0 Å². The molecule has 2 radical (unpaired) electrons. The van der Waals surface area contributed by atoms with Gasteiger partial charge in [-0.3, -0.25) is 0 Å². The van der Waals surface area contributed by atoms with Crippen molar-refractivity contribution in [2.75, 3.05) is 0 Å². The van der Waals surface area contributed by atoms with Crippen LogP contribution in [0.3, 0.4) is 0 Å². The molecule has 6 aliphatic rings. The van der Waals surface area contributed by atoms with E-state index < -0.39 is 109 Å². The van der Waals surface area contributed by atoms with Crippen molar-refractivity contribution in [2.24, 2.45) is 0 Å². The Morgan fingerprint density at radius 2 is 0.494 bits per heavy atom. The normalized spacial score (nSPS) is 32.0. The number of rotatable bonds is 8. The average Bonchev–Trinajstić information content (AvgIpc) is 3.30. The van der Waals surface area contributed by atoms with E-state index >= 15 is 0 Å². The second kappa shape index (κ2) is 23.6. The van der Waals surface area contributed by atoms with Crippen molar-refractivity contribution in [2.45, 2.75) is 26.2 Å². The first-order chi connectivity index (χ1) is 38.5. The number of hydrogen-bond donors (Lipinski definition) is 0. The molecule has 6 bridgehead atoms. The van der Waals surface area contributed by atoms with E-state index in [1.807, 2.05) is 269 Å². The second-order valence-electron chi connectivity index (χ2n) is 18.8. The van der Waals surface area contributed by atoms with Crippen molar-refractivity contribution < 1.29 is 61.7 Å². The Kier molecular flexibility index (Phi) is 16.5. The summed E-state index contributed by atoms with van der Waals surface area (Å²) in [6.07, 6.45) is 0. The third-order valence-corrected chi connectivity index (χ3v) is 55.3. The molecule has 6 heterocycles. The number of fused-ring (bicyclic) bond motifs is 4. The van der Waals surface area contributed by atoms with Crippen LogP contribution in [0.2, 0.25) is 26.2 Å². The summed E-state index contributed by atoms with van der Waals surface area (Å²) in [5.41, 5.74) is 0. The molecule has 10 atom stereocenters. The highest BCUT2D eigenvalue weighted by atomic mass is 28.6. The summed E-state index contributed by atoms with van der Waals surface area (Å²) in [4.78, 5) is 0. The molecule has 6 saturated heterocycles. The lowest BCUT2D eigenvalue weighted by molar-refractivity contribution is 0.0744. The van der Waals surface area contributed by atoms with Crippen LogP contribution >= 0.6 is 0 Å². The third kappa shape index (κ3) is 11.5. The summed E-state index contributed by atoms with van der Waals surface area (Å²) in [7, 11) is -46.8. The fourth-order valence-electron chi connectivity index (χ4n) is 9.66. The van der Waals surface area contributed by atoms with E-state index in [-0.39, 0.29) is 0 Å². The lowest BCUT2D eigenvalue weighted by atomic mass is 10.4. The van der Waals surface area contributed by atoms with Crippen molar-refractivity contribution in [1.82, 2.24) is 0 Å². The van der Waals surface area contributed by atoms with Crippen LogP contribution in [-0.4, -0.2) is 109 Å². The van der Waals surface area contributed by atoms with Gasteiger partial charge in [-0.05, 0) is 36.6 Å². The Hall–Kier alpha value is -4.24. The van der Waals surface area contributed by atoms with E-state index in [1.165, 1.54) is 0 Å². The summed E-state index contributed by atoms with van der Waals surface area (Å²) in [6, 6.07) is 77.7. The highest BCUT2D eigenvalue weighted by Crippen LogP contribution is 2.39. The van der Waals surface area contributed by atoms with Gasteiger partial charge in [-0.2, -0.15) is 0 Å². The fraction of sp³-hybridized carbons (Fsp3) is 0.0769. The van der Waals surface area contributed by atoms with Crippen LogP contribution in [0, 0.1) is 0 Å². The van der Waals surface area contributed by atoms with Crippen molar-refractivity contribution >= 4 is 150 Å². The molecule has 79 heavy (non-hydrogen) atoms. The lowest BCUT2D eigenvalue weighted by Gasteiger charge is -2.54. The maximum absolute atomic E-state index is 8.51. The van der Waals surface area contributed by atoms with Gasteiger partial charge in [-0.1, -0.05) is 243 Å². The van der Waals surface area contributed by atoms with Crippen molar-refractivity contribution in [1.29, 1.82) is 0 Å². The van der Waals surface area contributed by atoms with Crippen LogP contribution in [0.5, 0.6) is 0 Å². The fourth-order valence-corrected chi connectivity index (χ4v) is 61.4. The largest absolute Gasteiger partial charge is 0.515 e. The summed E-state index contributed by atoms with van der Waals surface area (Å²) in [5.74, 6) is 0. The third-order valence-electron chi connectivity index (χ3n) is 13.1. The van der Waals surface area contributed by atoms with E-state index in [0.717, 1.165) is 5.19 Å². The van der Waals surface area contributed by atoms with Gasteiger partial charge < -0.3 is 61.7 Å². The molecule has 10 unspecified atom stereocenters. The molecule has 0 N–H and O–H groups in total. The first kappa shape index (κ1) is 55.3. The molecule has 0 spiro atoms. The zero-order valence-electron chi connectivity index (χ0n) is 43.5. The molecule has 402 valence electrons. The zero-order valence-corrected chi connectivity index (χ0v) is 56.1. The van der Waals surface area contributed by atoms with Crippen LogP contribution in [0.1, 0.15) is 0 Å². The Morgan fingerprint density at radius 1 is 0.253 bits per heavy atom. The average molecular weight is 1260 g/mol. The maximum Gasteiger partial charge on any atom is 0.515 e. The number of hydrogen-bond acceptors (Lipinski definition) is 15. The van der Waals surface area contributed by atoms with Gasteiger partial charge in [0.05, 0.1) is 0 Å². The summed E-state index contributed by atoms with van der Waals surface area (Å²) >= 11 is 0. The minimum absolute atomic E-state index is 0.504. The predicted octanol–water partition coefficient (Wildman–Crippen LogP) is 2.56. The van der Waals surface area contributed by atoms with E-state index in [1.54, 1.807) is 0 Å². The van der Waals surface area contributed by atoms with Gasteiger partial charge in [0.1, 0.15) is 0 Å². The minimum Gasteiger partial charge on any atom is -0.420 e. The van der Waals surface area contributed by atoms with Gasteiger partial charge in [0.2, 0.25) is 0 Å². The van der Waals surface area contributed by atoms with E-state index in [0.29, 0.717) is 36.3 Å². The van der Waals surface area contributed by atoms with E-state index in [2.05, 4.69) is 0 Å². The molecular weight excluding hydrogens is 1200 g/mol. The molecule has 0 saturated carbocycles. The van der Waals surface area contributed by atoms with Gasteiger partial charge in [-0.25, -0.2) is 0 Å². The van der Waals surface area contributed by atoms with E-state index in [4.69, 9.17) is 61.7 Å². The van der Waals surface area contributed by atoms with Gasteiger partial charge >= 0.3 is 109 Å². The summed E-state index contributed by atoms with van der Waals surface area (Å²) < 4.78 is 119. The molecule has 6 fully saturated rings. The lowest BCUT2D eigenvalue weighted by Crippen LogP contribution is -2.87. The first-order valence-corrected chi connectivity index (χ1v) is 47.3. The minimum atomic E-state index is -5.10. The van der Waals surface area contributed by atoms with Gasteiger partial charge in [0.15, 0.2) is 0 Å². The van der Waals surface area contributed by atoms with Crippen molar-refractivity contribution in [3.05, 3.63) is 243 Å². The zero-order chi connectivity index (χ0) is 54.0. The molecule has 6 aliphatic heterocycles. The Balaban J connectivity index is 1.31. The maximum atomic E-state index is 8.51. The summed E-state index contributed by atoms with van der Waals surface area (Å²) in [5, 5.41) is 4.77. The topological polar surface area (TPSA) is 138 Å². The highest BCUT2D eigenvalue weighted by Gasteiger charge is 2.76. The molecule has 8 aromatic carbocycles. The predicted molar refractivity (Wildman–Crippen MR) is 323 cm³/mol. The monoisotopic (exact) mass is 1260 g/mol. The van der Waals surface area contributed by atoms with Crippen LogP contribution in [-0.2, 0) is 61.7 Å². The Bertz CT molecular complexity index is 3230.